The smallest absolute Gasteiger partial charge is 0.409 e. The predicted molar refractivity (Wildman–Crippen MR) is 113 cm³/mol. The molecule has 1 heterocycles. The van der Waals surface area contributed by atoms with Gasteiger partial charge >= 0.3 is 12.1 Å². The standard InChI is InChI=1S/C20H31N3O5S/c1-13(2)16-7-6-8-17(14(3)4)18(16)21-19(24)22-29(26,27)15-9-11-23(12-10-15)20(25)28-5/h6-8,13-15H,9-12H2,1-5H3,(H2,21,22,24). The fraction of sp³-hybridized carbons (Fsp3) is 0.600. The van der Waals surface area contributed by atoms with E-state index in [2.05, 4.69) is 14.8 Å². The van der Waals surface area contributed by atoms with E-state index in [0.717, 1.165) is 11.1 Å². The van der Waals surface area contributed by atoms with E-state index < -0.39 is 27.4 Å². The lowest BCUT2D eigenvalue weighted by Crippen LogP contribution is -2.47. The first-order chi connectivity index (χ1) is 13.6. The first-order valence-corrected chi connectivity index (χ1v) is 11.4. The molecule has 2 rings (SSSR count). The molecule has 0 spiro atoms. The summed E-state index contributed by atoms with van der Waals surface area (Å²) in [6.07, 6.45) is 0.0211. The highest BCUT2D eigenvalue weighted by molar-refractivity contribution is 7.90. The number of amides is 3. The summed E-state index contributed by atoms with van der Waals surface area (Å²) in [4.78, 5) is 25.6. The third-order valence-corrected chi connectivity index (χ3v) is 6.98. The molecule has 0 atom stereocenters. The highest BCUT2D eigenvalue weighted by Crippen LogP contribution is 2.32. The van der Waals surface area contributed by atoms with Gasteiger partial charge in [-0.2, -0.15) is 0 Å². The number of methoxy groups -OCH3 is 1. The van der Waals surface area contributed by atoms with E-state index in [1.165, 1.54) is 12.0 Å². The van der Waals surface area contributed by atoms with Crippen LogP contribution in [0.3, 0.4) is 0 Å². The number of urea groups is 1. The summed E-state index contributed by atoms with van der Waals surface area (Å²) in [6, 6.07) is 5.04. The van der Waals surface area contributed by atoms with E-state index in [4.69, 9.17) is 0 Å². The van der Waals surface area contributed by atoms with Crippen molar-refractivity contribution in [2.75, 3.05) is 25.5 Å². The fourth-order valence-electron chi connectivity index (χ4n) is 3.52. The Kier molecular flexibility index (Phi) is 7.51. The van der Waals surface area contributed by atoms with Crippen LogP contribution < -0.4 is 10.0 Å². The Bertz CT molecular complexity index is 817. The van der Waals surface area contributed by atoms with Gasteiger partial charge in [0.2, 0.25) is 10.0 Å². The van der Waals surface area contributed by atoms with E-state index in [9.17, 15) is 18.0 Å². The number of para-hydroxylation sites is 1. The van der Waals surface area contributed by atoms with Crippen molar-refractivity contribution in [1.29, 1.82) is 0 Å². The molecule has 0 aromatic heterocycles. The number of piperidine rings is 1. The van der Waals surface area contributed by atoms with Crippen molar-refractivity contribution < 1.29 is 22.7 Å². The highest BCUT2D eigenvalue weighted by atomic mass is 32.2. The van der Waals surface area contributed by atoms with Crippen LogP contribution in [0.5, 0.6) is 0 Å². The van der Waals surface area contributed by atoms with Crippen molar-refractivity contribution in [1.82, 2.24) is 9.62 Å². The van der Waals surface area contributed by atoms with Gasteiger partial charge in [-0.25, -0.2) is 22.7 Å². The van der Waals surface area contributed by atoms with Gasteiger partial charge in [-0.3, -0.25) is 0 Å². The number of likely N-dealkylation sites (tertiary alicyclic amines) is 1. The Morgan fingerprint density at radius 2 is 1.59 bits per heavy atom. The number of ether oxygens (including phenoxy) is 1. The molecule has 1 aliphatic heterocycles. The number of nitrogens with zero attached hydrogens (tertiary/aromatic N) is 1. The third-order valence-electron chi connectivity index (χ3n) is 5.16. The molecule has 0 radical (unpaired) electrons. The van der Waals surface area contributed by atoms with E-state index in [-0.39, 0.29) is 37.8 Å². The molecule has 0 aliphatic carbocycles. The average molecular weight is 426 g/mol. The first-order valence-electron chi connectivity index (χ1n) is 9.85. The number of hydrogen-bond acceptors (Lipinski definition) is 5. The van der Waals surface area contributed by atoms with E-state index in [0.29, 0.717) is 5.69 Å². The molecular weight excluding hydrogens is 394 g/mol. The Labute approximate surface area is 173 Å². The zero-order valence-electron chi connectivity index (χ0n) is 17.7. The van der Waals surface area contributed by atoms with Gasteiger partial charge in [-0.1, -0.05) is 45.9 Å². The van der Waals surface area contributed by atoms with Gasteiger partial charge in [0.1, 0.15) is 0 Å². The lowest BCUT2D eigenvalue weighted by Gasteiger charge is -2.30. The topological polar surface area (TPSA) is 105 Å². The van der Waals surface area contributed by atoms with Gasteiger partial charge in [0.15, 0.2) is 0 Å². The zero-order valence-corrected chi connectivity index (χ0v) is 18.5. The largest absolute Gasteiger partial charge is 0.453 e. The van der Waals surface area contributed by atoms with Crippen molar-refractivity contribution in [3.05, 3.63) is 29.3 Å². The number of anilines is 1. The molecule has 29 heavy (non-hydrogen) atoms. The van der Waals surface area contributed by atoms with Crippen LogP contribution in [0.2, 0.25) is 0 Å². The summed E-state index contributed by atoms with van der Waals surface area (Å²) in [5, 5.41) is 2.02. The van der Waals surface area contributed by atoms with Crippen LogP contribution in [-0.4, -0.2) is 50.9 Å². The molecule has 1 aliphatic rings. The second-order valence-corrected chi connectivity index (χ2v) is 9.84. The summed E-state index contributed by atoms with van der Waals surface area (Å²) in [5.41, 5.74) is 2.57. The van der Waals surface area contributed by atoms with Crippen LogP contribution in [0.15, 0.2) is 18.2 Å². The van der Waals surface area contributed by atoms with E-state index in [1.54, 1.807) is 0 Å². The molecule has 8 nitrogen and oxygen atoms in total. The molecule has 1 fully saturated rings. The summed E-state index contributed by atoms with van der Waals surface area (Å²) >= 11 is 0. The molecule has 0 unspecified atom stereocenters. The second-order valence-electron chi connectivity index (χ2n) is 7.88. The summed E-state index contributed by atoms with van der Waals surface area (Å²) < 4.78 is 32.1. The van der Waals surface area contributed by atoms with Gasteiger partial charge in [-0.05, 0) is 35.8 Å². The molecule has 3 amide bonds. The number of hydrogen-bond donors (Lipinski definition) is 2. The molecule has 0 bridgehead atoms. The average Bonchev–Trinajstić information content (AvgIpc) is 2.66. The Balaban J connectivity index is 2.10. The Morgan fingerprint density at radius 3 is 2.03 bits per heavy atom. The minimum Gasteiger partial charge on any atom is -0.453 e. The van der Waals surface area contributed by atoms with Gasteiger partial charge < -0.3 is 15.0 Å². The summed E-state index contributed by atoms with van der Waals surface area (Å²) in [7, 11) is -2.58. The normalized spacial score (nSPS) is 15.5. The minimum absolute atomic E-state index is 0.170. The number of benzene rings is 1. The Hall–Kier alpha value is -2.29. The summed E-state index contributed by atoms with van der Waals surface area (Å²) in [6.45, 7) is 8.63. The number of rotatable bonds is 5. The number of nitrogens with one attached hydrogen (secondary N) is 2. The van der Waals surface area contributed by atoms with Gasteiger partial charge in [0.05, 0.1) is 12.4 Å². The Morgan fingerprint density at radius 1 is 1.07 bits per heavy atom. The molecule has 9 heteroatoms. The summed E-state index contributed by atoms with van der Waals surface area (Å²) in [5.74, 6) is 0.339. The fourth-order valence-corrected chi connectivity index (χ4v) is 4.83. The lowest BCUT2D eigenvalue weighted by atomic mass is 9.93. The van der Waals surface area contributed by atoms with Crippen LogP contribution in [0, 0.1) is 0 Å². The number of carbonyl (C=O) groups excluding carboxylic acids is 2. The van der Waals surface area contributed by atoms with Crippen LogP contribution in [0.1, 0.15) is 63.5 Å². The zero-order chi connectivity index (χ0) is 21.8. The predicted octanol–water partition coefficient (Wildman–Crippen LogP) is 3.62. The lowest BCUT2D eigenvalue weighted by molar-refractivity contribution is 0.115. The molecule has 162 valence electrons. The van der Waals surface area contributed by atoms with Gasteiger partial charge in [-0.15, -0.1) is 0 Å². The van der Waals surface area contributed by atoms with Crippen LogP contribution in [0.25, 0.3) is 0 Å². The van der Waals surface area contributed by atoms with Crippen molar-refractivity contribution in [2.24, 2.45) is 0 Å². The minimum atomic E-state index is -3.87. The molecule has 1 aromatic rings. The first kappa shape index (κ1) is 23.0. The third kappa shape index (κ3) is 5.62. The molecule has 0 saturated carbocycles. The monoisotopic (exact) mass is 425 g/mol. The second kappa shape index (κ2) is 9.47. The quantitative estimate of drug-likeness (QED) is 0.750. The molecule has 1 saturated heterocycles. The van der Waals surface area contributed by atoms with Crippen molar-refractivity contribution in [2.45, 2.75) is 57.6 Å². The van der Waals surface area contributed by atoms with Gasteiger partial charge in [0.25, 0.3) is 0 Å². The van der Waals surface area contributed by atoms with Crippen LogP contribution in [-0.2, 0) is 14.8 Å². The highest BCUT2D eigenvalue weighted by Gasteiger charge is 2.33. The van der Waals surface area contributed by atoms with Crippen LogP contribution in [0.4, 0.5) is 15.3 Å². The van der Waals surface area contributed by atoms with Crippen molar-refractivity contribution >= 4 is 27.8 Å². The molecule has 1 aromatic carbocycles. The molecule has 2 N–H and O–H groups in total. The van der Waals surface area contributed by atoms with E-state index >= 15 is 0 Å². The maximum atomic E-state index is 12.7. The van der Waals surface area contributed by atoms with Crippen molar-refractivity contribution in [3.8, 4) is 0 Å². The van der Waals surface area contributed by atoms with E-state index in [1.807, 2.05) is 45.9 Å². The molecular formula is C20H31N3O5S. The van der Waals surface area contributed by atoms with Gasteiger partial charge in [0, 0.05) is 18.8 Å². The number of carbonyl (C=O) groups is 2. The SMILES string of the molecule is COC(=O)N1CCC(S(=O)(=O)NC(=O)Nc2c(C(C)C)cccc2C(C)C)CC1. The maximum absolute atomic E-state index is 12.7. The number of sulfonamides is 1. The van der Waals surface area contributed by atoms with Crippen molar-refractivity contribution in [3.63, 3.8) is 0 Å². The maximum Gasteiger partial charge on any atom is 0.409 e. The van der Waals surface area contributed by atoms with Crippen LogP contribution >= 0.6 is 0 Å².